The number of allylic oxidation sites excluding steroid dienone is 1. The van der Waals surface area contributed by atoms with Crippen LogP contribution in [0.4, 0.5) is 11.4 Å². The van der Waals surface area contributed by atoms with E-state index < -0.39 is 0 Å². The van der Waals surface area contributed by atoms with Gasteiger partial charge in [0.25, 0.3) is 10.6 Å². The lowest BCUT2D eigenvalue weighted by Gasteiger charge is -2.23. The van der Waals surface area contributed by atoms with Crippen molar-refractivity contribution in [2.75, 3.05) is 22.9 Å². The number of hydrogen-bond donors (Lipinski definition) is 0. The molecule has 0 spiro atoms. The molecule has 0 fully saturated rings. The second-order valence-corrected chi connectivity index (χ2v) is 12.2. The summed E-state index contributed by atoms with van der Waals surface area (Å²) in [5.74, 6) is 1.06. The summed E-state index contributed by atoms with van der Waals surface area (Å²) in [6.45, 7) is 11.6. The van der Waals surface area contributed by atoms with Gasteiger partial charge in [0, 0.05) is 36.1 Å². The van der Waals surface area contributed by atoms with Crippen LogP contribution in [0, 0.1) is 0 Å². The monoisotopic (exact) mass is 587 g/mol. The van der Waals surface area contributed by atoms with E-state index in [-0.39, 0.29) is 5.56 Å². The van der Waals surface area contributed by atoms with Crippen LogP contribution < -0.4 is 29.1 Å². The minimum atomic E-state index is 0.0508. The van der Waals surface area contributed by atoms with Crippen LogP contribution in [-0.4, -0.2) is 17.7 Å². The molecule has 0 saturated heterocycles. The Morgan fingerprint density at radius 1 is 0.875 bits per heavy atom. The van der Waals surface area contributed by atoms with E-state index in [9.17, 15) is 4.79 Å². The number of benzene rings is 3. The highest BCUT2D eigenvalue weighted by atomic mass is 35.5. The maximum absolute atomic E-state index is 13.5. The van der Waals surface area contributed by atoms with Gasteiger partial charge >= 0.3 is 0 Å². The molecule has 1 aliphatic rings. The Bertz CT molecular complexity index is 1970. The average molecular weight is 588 g/mol. The summed E-state index contributed by atoms with van der Waals surface area (Å²) >= 11 is 9.69. The van der Waals surface area contributed by atoms with Crippen LogP contribution in [0.2, 0.25) is 5.02 Å². The molecule has 0 bridgehead atoms. The van der Waals surface area contributed by atoms with Crippen molar-refractivity contribution in [3.8, 4) is 0 Å². The number of anilines is 2. The van der Waals surface area contributed by atoms with Gasteiger partial charge in [-0.1, -0.05) is 47.2 Å². The smallest absolute Gasteiger partial charge is 0.269 e. The Kier molecular flexibility index (Phi) is 7.29. The maximum atomic E-state index is 13.5. The highest BCUT2D eigenvalue weighted by molar-refractivity contribution is 7.20. The number of aromatic nitrogens is 2. The van der Waals surface area contributed by atoms with E-state index in [0.717, 1.165) is 56.1 Å². The molecule has 5 aromatic rings. The van der Waals surface area contributed by atoms with Crippen molar-refractivity contribution in [1.29, 1.82) is 0 Å². The summed E-state index contributed by atoms with van der Waals surface area (Å²) in [4.78, 5) is 18.1. The van der Waals surface area contributed by atoms with Crippen LogP contribution in [0.1, 0.15) is 32.7 Å². The Morgan fingerprint density at radius 2 is 1.65 bits per heavy atom. The van der Waals surface area contributed by atoms with E-state index in [1.165, 1.54) is 21.0 Å². The Balaban J connectivity index is 1.49. The molecule has 3 aromatic carbocycles. The van der Waals surface area contributed by atoms with Gasteiger partial charge in [-0.2, -0.15) is 4.57 Å². The number of aryl methyl sites for hydroxylation is 1. The van der Waals surface area contributed by atoms with E-state index in [1.54, 1.807) is 22.7 Å². The molecule has 5 nitrogen and oxygen atoms in total. The predicted molar refractivity (Wildman–Crippen MR) is 172 cm³/mol. The van der Waals surface area contributed by atoms with E-state index >= 15 is 0 Å². The number of nitrogens with zero attached hydrogens (tertiary/aromatic N) is 4. The van der Waals surface area contributed by atoms with Crippen LogP contribution in [0.25, 0.3) is 33.1 Å². The first-order valence-corrected chi connectivity index (χ1v) is 15.8. The molecular weight excluding hydrogens is 556 g/mol. The molecule has 0 amide bonds. The maximum Gasteiger partial charge on any atom is 0.269 e. The van der Waals surface area contributed by atoms with Gasteiger partial charge in [0.05, 0.1) is 22.0 Å². The zero-order valence-electron chi connectivity index (χ0n) is 23.1. The number of thiazole rings is 2. The van der Waals surface area contributed by atoms with E-state index in [2.05, 4.69) is 89.8 Å². The average Bonchev–Trinajstić information content (AvgIpc) is 3.59. The zero-order chi connectivity index (χ0) is 28.0. The number of rotatable bonds is 6. The summed E-state index contributed by atoms with van der Waals surface area (Å²) in [5.41, 5.74) is 3.52. The molecule has 8 heteroatoms. The molecule has 2 aromatic heterocycles. The first-order chi connectivity index (χ1) is 19.5. The largest absolute Gasteiger partial charge is 0.326 e. The summed E-state index contributed by atoms with van der Waals surface area (Å²) in [6.07, 6.45) is 6.25. The molecule has 0 aliphatic carbocycles. The second kappa shape index (κ2) is 10.9. The highest BCUT2D eigenvalue weighted by Gasteiger charge is 2.29. The van der Waals surface area contributed by atoms with E-state index in [1.807, 2.05) is 29.7 Å². The predicted octanol–water partition coefficient (Wildman–Crippen LogP) is 6.08. The van der Waals surface area contributed by atoms with Gasteiger partial charge in [-0.15, -0.1) is 11.3 Å². The molecule has 1 aliphatic heterocycles. The van der Waals surface area contributed by atoms with Gasteiger partial charge in [0.15, 0.2) is 0 Å². The van der Waals surface area contributed by atoms with Crippen molar-refractivity contribution in [3.63, 3.8) is 0 Å². The first-order valence-electron chi connectivity index (χ1n) is 13.8. The molecule has 3 heterocycles. The SMILES string of the molecule is CCN1C(=CC=c2sc(=Cc3sc4c5ccccc5ccc4[n+]3CC)n(CC)c2=O)N(CC)c2cc(Cl)ccc21. The lowest BCUT2D eigenvalue weighted by atomic mass is 10.1. The summed E-state index contributed by atoms with van der Waals surface area (Å²) < 4.78 is 7.22. The van der Waals surface area contributed by atoms with Crippen LogP contribution in [0.3, 0.4) is 0 Å². The third-order valence-electron chi connectivity index (χ3n) is 7.53. The van der Waals surface area contributed by atoms with Crippen molar-refractivity contribution < 1.29 is 4.57 Å². The molecule has 0 atom stereocenters. The molecule has 204 valence electrons. The Morgan fingerprint density at radius 3 is 2.40 bits per heavy atom. The molecule has 0 N–H and O–H groups in total. The van der Waals surface area contributed by atoms with Crippen LogP contribution >= 0.6 is 34.3 Å². The zero-order valence-corrected chi connectivity index (χ0v) is 25.5. The number of halogens is 1. The standard InChI is InChI=1S/C32H32ClN4OS2/c1-5-34-24-16-14-22(33)19-26(24)35(6-2)28(34)18-17-27-32(38)37(8-4)30(39-27)20-29-36(7-3)25-15-13-21-11-9-10-12-23(21)31(25)40-29/h9-20H,5-8H2,1-4H3/q+1. The normalized spacial score (nSPS) is 15.4. The van der Waals surface area contributed by atoms with Crippen molar-refractivity contribution >= 4 is 78.8 Å². The second-order valence-electron chi connectivity index (χ2n) is 9.63. The molecule has 40 heavy (non-hydrogen) atoms. The molecular formula is C32H32ClN4OS2+. The third-order valence-corrected chi connectivity index (χ3v) is 10.0. The van der Waals surface area contributed by atoms with Gasteiger partial charge in [-0.05, 0) is 69.5 Å². The fourth-order valence-corrected chi connectivity index (χ4v) is 8.24. The third kappa shape index (κ3) is 4.37. The molecule has 0 saturated carbocycles. The topological polar surface area (TPSA) is 32.4 Å². The van der Waals surface area contributed by atoms with Gasteiger partial charge in [-0.25, -0.2) is 0 Å². The van der Waals surface area contributed by atoms with Gasteiger partial charge in [-0.3, -0.25) is 9.36 Å². The fraction of sp³-hybridized carbons (Fsp3) is 0.250. The Hall–Kier alpha value is -3.39. The Labute approximate surface area is 246 Å². The van der Waals surface area contributed by atoms with Crippen molar-refractivity contribution in [2.24, 2.45) is 0 Å². The summed E-state index contributed by atoms with van der Waals surface area (Å²) in [6, 6.07) is 19.0. The van der Waals surface area contributed by atoms with E-state index in [0.29, 0.717) is 6.54 Å². The van der Waals surface area contributed by atoms with Gasteiger partial charge < -0.3 is 9.80 Å². The van der Waals surface area contributed by atoms with Gasteiger partial charge in [0.2, 0.25) is 5.52 Å². The lowest BCUT2D eigenvalue weighted by molar-refractivity contribution is -0.665. The summed E-state index contributed by atoms with van der Waals surface area (Å²) in [7, 11) is 0. The highest BCUT2D eigenvalue weighted by Crippen LogP contribution is 2.42. The van der Waals surface area contributed by atoms with Crippen LogP contribution in [0.15, 0.2) is 71.3 Å². The van der Waals surface area contributed by atoms with Crippen molar-refractivity contribution in [2.45, 2.75) is 40.8 Å². The lowest BCUT2D eigenvalue weighted by Crippen LogP contribution is -2.35. The minimum absolute atomic E-state index is 0.0508. The number of fused-ring (bicyclic) bond motifs is 4. The first kappa shape index (κ1) is 26.8. The minimum Gasteiger partial charge on any atom is -0.326 e. The molecule has 0 radical (unpaired) electrons. The quantitative estimate of drug-likeness (QED) is 0.226. The van der Waals surface area contributed by atoms with E-state index in [4.69, 9.17) is 11.6 Å². The van der Waals surface area contributed by atoms with Gasteiger partial charge in [0.1, 0.15) is 21.7 Å². The summed E-state index contributed by atoms with van der Waals surface area (Å²) in [5, 5.41) is 4.39. The van der Waals surface area contributed by atoms with Crippen LogP contribution in [0.5, 0.6) is 0 Å². The number of hydrogen-bond acceptors (Lipinski definition) is 5. The van der Waals surface area contributed by atoms with Crippen LogP contribution in [-0.2, 0) is 13.1 Å². The van der Waals surface area contributed by atoms with Crippen molar-refractivity contribution in [1.82, 2.24) is 4.57 Å². The fourth-order valence-electron chi connectivity index (χ4n) is 5.65. The molecule has 6 rings (SSSR count). The molecule has 0 unspecified atom stereocenters. The van der Waals surface area contributed by atoms with Crippen molar-refractivity contribution in [3.05, 3.63) is 96.1 Å².